The van der Waals surface area contributed by atoms with Crippen LogP contribution in [0.3, 0.4) is 0 Å². The van der Waals surface area contributed by atoms with E-state index in [9.17, 15) is 0 Å². The molecule has 0 spiro atoms. The van der Waals surface area contributed by atoms with Crippen molar-refractivity contribution < 1.29 is 38.0 Å². The van der Waals surface area contributed by atoms with Gasteiger partial charge in [0.25, 0.3) is 0 Å². The number of nitrogens with zero attached hydrogens (tertiary/aromatic N) is 2. The Morgan fingerprint density at radius 1 is 0.621 bits per heavy atom. The Balaban J connectivity index is 0.000000749. The third kappa shape index (κ3) is 16.0. The monoisotopic (exact) mass is 425 g/mol. The molecule has 2 aromatic rings. The van der Waals surface area contributed by atoms with Gasteiger partial charge in [0.2, 0.25) is 0 Å². The second-order valence-electron chi connectivity index (χ2n) is 7.44. The second-order valence-corrected chi connectivity index (χ2v) is 8.20. The Hall–Kier alpha value is -1.57. The molecule has 6 nitrogen and oxygen atoms in total. The van der Waals surface area contributed by atoms with Crippen molar-refractivity contribution in [1.82, 2.24) is 0 Å². The molecule has 0 N–H and O–H groups in total. The number of aromatic nitrogens is 2. The van der Waals surface area contributed by atoms with Gasteiger partial charge in [0.1, 0.15) is 13.1 Å². The summed E-state index contributed by atoms with van der Waals surface area (Å²) < 4.78 is 38.6. The lowest BCUT2D eigenvalue weighted by molar-refractivity contribution is -2.00. The Morgan fingerprint density at radius 2 is 0.931 bits per heavy atom. The van der Waals surface area contributed by atoms with Crippen molar-refractivity contribution >= 4 is 0 Å². The molecule has 2 heterocycles. The van der Waals surface area contributed by atoms with Gasteiger partial charge < -0.3 is 0 Å². The molecule has 29 heavy (non-hydrogen) atoms. The molecule has 0 aliphatic heterocycles. The van der Waals surface area contributed by atoms with Gasteiger partial charge in [0, 0.05) is 36.1 Å². The van der Waals surface area contributed by atoms with Gasteiger partial charge in [-0.1, -0.05) is 25.7 Å². The number of hydrogen-bond acceptors (Lipinski definition) is 4. The fourth-order valence-corrected chi connectivity index (χ4v) is 3.23. The van der Waals surface area contributed by atoms with Gasteiger partial charge in [0.15, 0.2) is 24.8 Å². The number of hydrogen-bond donors (Lipinski definition) is 0. The largest absolute Gasteiger partial charge is 0.222 e. The third-order valence-corrected chi connectivity index (χ3v) is 4.59. The van der Waals surface area contributed by atoms with E-state index in [1.807, 2.05) is 0 Å². The normalized spacial score (nSPS) is 11.1. The Bertz CT molecular complexity index is 633. The van der Waals surface area contributed by atoms with Crippen LogP contribution in [0.2, 0.25) is 0 Å². The van der Waals surface area contributed by atoms with E-state index in [0.29, 0.717) is 0 Å². The zero-order valence-electron chi connectivity index (χ0n) is 17.6. The highest BCUT2D eigenvalue weighted by molar-refractivity contribution is 5.01. The average molecular weight is 426 g/mol. The van der Waals surface area contributed by atoms with Crippen LogP contribution in [0.15, 0.2) is 49.1 Å². The maximum absolute atomic E-state index is 8.49. The molecule has 0 atom stereocenters. The quantitative estimate of drug-likeness (QED) is 0.372. The van der Waals surface area contributed by atoms with Gasteiger partial charge in [-0.05, 0) is 38.8 Å². The maximum atomic E-state index is 8.49. The minimum atomic E-state index is -4.94. The van der Waals surface area contributed by atoms with Crippen molar-refractivity contribution in [2.45, 2.75) is 78.3 Å². The van der Waals surface area contributed by atoms with E-state index in [1.165, 1.54) is 62.5 Å². The van der Waals surface area contributed by atoms with Crippen LogP contribution in [0, 0.1) is 24.1 Å². The van der Waals surface area contributed by atoms with Crippen LogP contribution < -0.4 is 27.8 Å². The van der Waals surface area contributed by atoms with E-state index in [0.717, 1.165) is 13.1 Å². The zero-order chi connectivity index (χ0) is 21.5. The summed E-state index contributed by atoms with van der Waals surface area (Å²) in [6, 6.07) is 8.61. The molecule has 0 aromatic carbocycles. The predicted molar refractivity (Wildman–Crippen MR) is 99.7 cm³/mol. The molecule has 0 fully saturated rings. The molecule has 0 saturated heterocycles. The van der Waals surface area contributed by atoms with E-state index in [1.54, 1.807) is 0 Å². The van der Waals surface area contributed by atoms with E-state index in [4.69, 9.17) is 18.6 Å². The molecule has 0 saturated carbocycles. The molecule has 0 aliphatic rings. The van der Waals surface area contributed by atoms with E-state index >= 15 is 0 Å². The number of aryl methyl sites for hydroxylation is 4. The first-order valence-corrected chi connectivity index (χ1v) is 11.5. The molecule has 0 unspecified atom stereocenters. The molecular weight excluding hydrogens is 392 g/mol. The SMILES string of the molecule is Cc1ccc[n+](CCCCCCCCCC[n+]2cccc(C)c2)c1.[O-][Cl+3]([O-])([O-])[O-]. The summed E-state index contributed by atoms with van der Waals surface area (Å²) in [5.74, 6) is 0. The predicted octanol–water partition coefficient (Wildman–Crippen LogP) is -0.0566. The fourth-order valence-electron chi connectivity index (χ4n) is 3.23. The minimum Gasteiger partial charge on any atom is -0.222 e. The highest BCUT2D eigenvalue weighted by atomic mass is 35.7. The summed E-state index contributed by atoms with van der Waals surface area (Å²) >= 11 is 0. The summed E-state index contributed by atoms with van der Waals surface area (Å²) in [5, 5.41) is 0. The molecular formula is C22H34ClN2O4+. The molecule has 7 heteroatoms. The molecule has 2 aromatic heterocycles. The van der Waals surface area contributed by atoms with Gasteiger partial charge in [-0.15, -0.1) is 10.2 Å². The van der Waals surface area contributed by atoms with Crippen LogP contribution >= 0.6 is 0 Å². The summed E-state index contributed by atoms with van der Waals surface area (Å²) in [6.45, 7) is 6.65. The molecule has 162 valence electrons. The summed E-state index contributed by atoms with van der Waals surface area (Å²) in [7, 11) is -4.94. The highest BCUT2D eigenvalue weighted by Gasteiger charge is 2.01. The van der Waals surface area contributed by atoms with Gasteiger partial charge in [-0.3, -0.25) is 0 Å². The highest BCUT2D eigenvalue weighted by Crippen LogP contribution is 2.08. The topological polar surface area (TPSA) is 100 Å². The Morgan fingerprint density at radius 3 is 1.24 bits per heavy atom. The third-order valence-electron chi connectivity index (χ3n) is 4.59. The molecule has 2 rings (SSSR count). The molecule has 0 amide bonds. The summed E-state index contributed by atoms with van der Waals surface area (Å²) in [4.78, 5) is 0. The van der Waals surface area contributed by atoms with E-state index in [2.05, 4.69) is 72.0 Å². The van der Waals surface area contributed by atoms with Crippen molar-refractivity contribution in [3.8, 4) is 0 Å². The second kappa shape index (κ2) is 14.4. The van der Waals surface area contributed by atoms with Crippen LogP contribution in [0.5, 0.6) is 0 Å². The minimum absolute atomic E-state index is 1.16. The lowest BCUT2D eigenvalue weighted by Crippen LogP contribution is -2.68. The van der Waals surface area contributed by atoms with Crippen LogP contribution in [0.4, 0.5) is 0 Å². The van der Waals surface area contributed by atoms with Gasteiger partial charge in [-0.2, -0.15) is 0 Å². The van der Waals surface area contributed by atoms with Crippen molar-refractivity contribution in [1.29, 1.82) is 0 Å². The first kappa shape index (κ1) is 25.5. The van der Waals surface area contributed by atoms with Crippen molar-refractivity contribution in [3.63, 3.8) is 0 Å². The number of halogens is 1. The van der Waals surface area contributed by atoms with Crippen molar-refractivity contribution in [2.75, 3.05) is 0 Å². The Kier molecular flexibility index (Phi) is 12.7. The number of pyridine rings is 2. The van der Waals surface area contributed by atoms with Gasteiger partial charge >= 0.3 is 0 Å². The van der Waals surface area contributed by atoms with Crippen LogP contribution in [0.1, 0.15) is 62.5 Å². The molecule has 0 aliphatic carbocycles. The standard InChI is InChI=1S/C22H34N2.ClHO4/c1-21-13-11-17-23(19-21)15-9-7-5-3-4-6-8-10-16-24-18-12-14-22(2)20-24;2-1(3,4)5/h11-14,17-20H,3-10,15-16H2,1-2H3;(H,2,3,4,5)/q+2;/p-1. The van der Waals surface area contributed by atoms with Crippen molar-refractivity contribution in [3.05, 3.63) is 60.2 Å². The van der Waals surface area contributed by atoms with Crippen LogP contribution in [0.25, 0.3) is 0 Å². The van der Waals surface area contributed by atoms with Crippen LogP contribution in [-0.2, 0) is 13.1 Å². The van der Waals surface area contributed by atoms with E-state index < -0.39 is 10.2 Å². The maximum Gasteiger partial charge on any atom is 0.171 e. The van der Waals surface area contributed by atoms with Crippen molar-refractivity contribution in [2.24, 2.45) is 0 Å². The van der Waals surface area contributed by atoms with Crippen LogP contribution in [-0.4, -0.2) is 0 Å². The van der Waals surface area contributed by atoms with Gasteiger partial charge in [-0.25, -0.2) is 27.8 Å². The first-order valence-electron chi connectivity index (χ1n) is 10.3. The molecule has 0 radical (unpaired) electrons. The number of unbranched alkanes of at least 4 members (excludes halogenated alkanes) is 7. The smallest absolute Gasteiger partial charge is 0.171 e. The summed E-state index contributed by atoms with van der Waals surface area (Å²) in [6.07, 6.45) is 19.7. The summed E-state index contributed by atoms with van der Waals surface area (Å²) in [5.41, 5.74) is 2.70. The first-order chi connectivity index (χ1) is 13.7. The van der Waals surface area contributed by atoms with Gasteiger partial charge in [0.05, 0.1) is 0 Å². The fraction of sp³-hybridized carbons (Fsp3) is 0.545. The average Bonchev–Trinajstić information content (AvgIpc) is 2.62. The van der Waals surface area contributed by atoms with E-state index in [-0.39, 0.29) is 0 Å². The molecule has 0 bridgehead atoms. The lowest BCUT2D eigenvalue weighted by Gasteiger charge is -2.17. The Labute approximate surface area is 176 Å². The zero-order valence-corrected chi connectivity index (χ0v) is 18.4. The lowest BCUT2D eigenvalue weighted by atomic mass is 10.1. The number of rotatable bonds is 11.